The van der Waals surface area contributed by atoms with E-state index in [1.807, 2.05) is 18.2 Å². The van der Waals surface area contributed by atoms with Crippen LogP contribution in [0.3, 0.4) is 0 Å². The average Bonchev–Trinajstić information content (AvgIpc) is 2.32. The minimum absolute atomic E-state index is 0.858. The van der Waals surface area contributed by atoms with Crippen LogP contribution >= 0.6 is 15.9 Å². The fourth-order valence-corrected chi connectivity index (χ4v) is 1.70. The van der Waals surface area contributed by atoms with E-state index in [9.17, 15) is 0 Å². The van der Waals surface area contributed by atoms with Gasteiger partial charge in [0.15, 0.2) is 0 Å². The van der Waals surface area contributed by atoms with E-state index in [4.69, 9.17) is 0 Å². The first-order chi connectivity index (χ1) is 7.78. The van der Waals surface area contributed by atoms with Crippen LogP contribution in [0.4, 0.5) is 11.5 Å². The molecule has 0 fully saturated rings. The Hall–Kier alpha value is -1.35. The Balaban J connectivity index is 2.16. The fraction of sp³-hybridized carbons (Fsp3) is 0.154. The van der Waals surface area contributed by atoms with Crippen molar-refractivity contribution < 1.29 is 0 Å². The van der Waals surface area contributed by atoms with Gasteiger partial charge in [-0.2, -0.15) is 0 Å². The lowest BCUT2D eigenvalue weighted by molar-refractivity contribution is 1.14. The third-order valence-corrected chi connectivity index (χ3v) is 2.80. The maximum absolute atomic E-state index is 4.27. The molecule has 0 unspecified atom stereocenters. The van der Waals surface area contributed by atoms with Gasteiger partial charge in [0, 0.05) is 16.4 Å². The van der Waals surface area contributed by atoms with Crippen LogP contribution in [-0.4, -0.2) is 4.98 Å². The Morgan fingerprint density at radius 3 is 2.81 bits per heavy atom. The summed E-state index contributed by atoms with van der Waals surface area (Å²) in [5, 5.41) is 3.27. The number of rotatable bonds is 3. The molecular weight excluding hydrogens is 264 g/mol. The van der Waals surface area contributed by atoms with E-state index in [2.05, 4.69) is 51.4 Å². The van der Waals surface area contributed by atoms with Crippen LogP contribution in [0.1, 0.15) is 12.5 Å². The summed E-state index contributed by atoms with van der Waals surface area (Å²) in [6.45, 7) is 2.15. The summed E-state index contributed by atoms with van der Waals surface area (Å²) >= 11 is 3.36. The van der Waals surface area contributed by atoms with Gasteiger partial charge >= 0.3 is 0 Å². The molecule has 0 atom stereocenters. The Bertz CT molecular complexity index is 466. The molecule has 0 radical (unpaired) electrons. The van der Waals surface area contributed by atoms with Crippen molar-refractivity contribution in [3.63, 3.8) is 0 Å². The monoisotopic (exact) mass is 276 g/mol. The third-order valence-electron chi connectivity index (χ3n) is 2.34. The molecule has 3 heteroatoms. The van der Waals surface area contributed by atoms with Crippen molar-refractivity contribution in [3.05, 3.63) is 52.6 Å². The Morgan fingerprint density at radius 2 is 2.12 bits per heavy atom. The van der Waals surface area contributed by atoms with Crippen LogP contribution < -0.4 is 5.32 Å². The van der Waals surface area contributed by atoms with Gasteiger partial charge in [0.1, 0.15) is 5.82 Å². The Morgan fingerprint density at radius 1 is 1.25 bits per heavy atom. The molecule has 1 N–H and O–H groups in total. The number of nitrogens with zero attached hydrogens (tertiary/aromatic N) is 1. The highest BCUT2D eigenvalue weighted by Crippen LogP contribution is 2.17. The first-order valence-corrected chi connectivity index (χ1v) is 6.05. The molecule has 16 heavy (non-hydrogen) atoms. The maximum Gasteiger partial charge on any atom is 0.130 e. The van der Waals surface area contributed by atoms with Crippen molar-refractivity contribution in [1.82, 2.24) is 4.98 Å². The highest BCUT2D eigenvalue weighted by atomic mass is 79.9. The normalized spacial score (nSPS) is 10.1. The van der Waals surface area contributed by atoms with Crippen molar-refractivity contribution in [1.29, 1.82) is 0 Å². The summed E-state index contributed by atoms with van der Waals surface area (Å²) < 4.78 is 0.986. The zero-order valence-electron chi connectivity index (χ0n) is 9.07. The molecule has 0 spiro atoms. The Kier molecular flexibility index (Phi) is 3.57. The van der Waals surface area contributed by atoms with E-state index >= 15 is 0 Å². The maximum atomic E-state index is 4.27. The zero-order valence-corrected chi connectivity index (χ0v) is 10.7. The third kappa shape index (κ3) is 2.83. The van der Waals surface area contributed by atoms with Gasteiger partial charge in [-0.15, -0.1) is 0 Å². The first kappa shape index (κ1) is 11.1. The fourth-order valence-electron chi connectivity index (χ4n) is 1.47. The lowest BCUT2D eigenvalue weighted by Crippen LogP contribution is -1.93. The van der Waals surface area contributed by atoms with E-state index in [1.54, 1.807) is 6.20 Å². The molecule has 0 amide bonds. The standard InChI is InChI=1S/C13H13BrN2/c1-2-10-4-3-5-12(8-10)16-13-7-6-11(14)9-15-13/h3-9H,2H2,1H3,(H,15,16). The van der Waals surface area contributed by atoms with E-state index in [1.165, 1.54) is 5.56 Å². The number of hydrogen-bond acceptors (Lipinski definition) is 2. The van der Waals surface area contributed by atoms with Crippen molar-refractivity contribution in [3.8, 4) is 0 Å². The van der Waals surface area contributed by atoms with E-state index in [0.29, 0.717) is 0 Å². The second kappa shape index (κ2) is 5.12. The summed E-state index contributed by atoms with van der Waals surface area (Å²) in [7, 11) is 0. The molecule has 82 valence electrons. The molecular formula is C13H13BrN2. The molecule has 2 nitrogen and oxygen atoms in total. The number of nitrogens with one attached hydrogen (secondary N) is 1. The lowest BCUT2D eigenvalue weighted by Gasteiger charge is -2.06. The van der Waals surface area contributed by atoms with E-state index in [0.717, 1.165) is 22.4 Å². The van der Waals surface area contributed by atoms with E-state index in [-0.39, 0.29) is 0 Å². The lowest BCUT2D eigenvalue weighted by atomic mass is 10.1. The molecule has 1 heterocycles. The van der Waals surface area contributed by atoms with Crippen LogP contribution in [0.2, 0.25) is 0 Å². The number of pyridine rings is 1. The number of hydrogen-bond donors (Lipinski definition) is 1. The molecule has 1 aromatic heterocycles. The van der Waals surface area contributed by atoms with Gasteiger partial charge in [-0.25, -0.2) is 4.98 Å². The van der Waals surface area contributed by atoms with Crippen molar-refractivity contribution in [2.45, 2.75) is 13.3 Å². The number of anilines is 2. The van der Waals surface area contributed by atoms with Crippen LogP contribution in [0.15, 0.2) is 47.1 Å². The van der Waals surface area contributed by atoms with Gasteiger partial charge in [-0.1, -0.05) is 19.1 Å². The van der Waals surface area contributed by atoms with E-state index < -0.39 is 0 Å². The number of aryl methyl sites for hydroxylation is 1. The Labute approximate surface area is 104 Å². The minimum atomic E-state index is 0.858. The van der Waals surface area contributed by atoms with Gasteiger partial charge in [-0.3, -0.25) is 0 Å². The van der Waals surface area contributed by atoms with Gasteiger partial charge in [0.05, 0.1) is 0 Å². The highest BCUT2D eigenvalue weighted by Gasteiger charge is 1.96. The SMILES string of the molecule is CCc1cccc(Nc2ccc(Br)cn2)c1. The molecule has 0 saturated carbocycles. The first-order valence-electron chi connectivity index (χ1n) is 5.25. The zero-order chi connectivity index (χ0) is 11.4. The number of benzene rings is 1. The van der Waals surface area contributed by atoms with Gasteiger partial charge in [0.25, 0.3) is 0 Å². The molecule has 0 aliphatic rings. The molecule has 0 saturated heterocycles. The van der Waals surface area contributed by atoms with Crippen molar-refractivity contribution in [2.75, 3.05) is 5.32 Å². The molecule has 0 aliphatic carbocycles. The highest BCUT2D eigenvalue weighted by molar-refractivity contribution is 9.10. The van der Waals surface area contributed by atoms with Crippen LogP contribution in [0.5, 0.6) is 0 Å². The predicted octanol–water partition coefficient (Wildman–Crippen LogP) is 4.15. The topological polar surface area (TPSA) is 24.9 Å². The van der Waals surface area contributed by atoms with Gasteiger partial charge in [-0.05, 0) is 52.2 Å². The summed E-state index contributed by atoms with van der Waals surface area (Å²) in [4.78, 5) is 4.27. The average molecular weight is 277 g/mol. The number of aromatic nitrogens is 1. The van der Waals surface area contributed by atoms with Crippen molar-refractivity contribution >= 4 is 27.4 Å². The van der Waals surface area contributed by atoms with Crippen LogP contribution in [-0.2, 0) is 6.42 Å². The predicted molar refractivity (Wildman–Crippen MR) is 71.0 cm³/mol. The summed E-state index contributed by atoms with van der Waals surface area (Å²) in [5.41, 5.74) is 2.40. The number of halogens is 1. The molecule has 0 aliphatic heterocycles. The quantitative estimate of drug-likeness (QED) is 0.911. The molecule has 0 bridgehead atoms. The van der Waals surface area contributed by atoms with Crippen LogP contribution in [0, 0.1) is 0 Å². The van der Waals surface area contributed by atoms with Gasteiger partial charge < -0.3 is 5.32 Å². The van der Waals surface area contributed by atoms with Crippen LogP contribution in [0.25, 0.3) is 0 Å². The van der Waals surface area contributed by atoms with Crippen molar-refractivity contribution in [2.24, 2.45) is 0 Å². The minimum Gasteiger partial charge on any atom is -0.340 e. The smallest absolute Gasteiger partial charge is 0.130 e. The van der Waals surface area contributed by atoms with Gasteiger partial charge in [0.2, 0.25) is 0 Å². The summed E-state index contributed by atoms with van der Waals surface area (Å²) in [6, 6.07) is 12.3. The second-order valence-electron chi connectivity index (χ2n) is 3.54. The molecule has 1 aromatic carbocycles. The summed E-state index contributed by atoms with van der Waals surface area (Å²) in [5.74, 6) is 0.858. The molecule has 2 aromatic rings. The second-order valence-corrected chi connectivity index (χ2v) is 4.46. The molecule has 2 rings (SSSR count). The summed E-state index contributed by atoms with van der Waals surface area (Å²) in [6.07, 6.45) is 2.83. The largest absolute Gasteiger partial charge is 0.340 e.